The van der Waals surface area contributed by atoms with Crippen molar-refractivity contribution in [3.05, 3.63) is 65.5 Å². The fraction of sp³-hybridized carbons (Fsp3) is 0.211. The third-order valence-electron chi connectivity index (χ3n) is 3.65. The van der Waals surface area contributed by atoms with E-state index in [4.69, 9.17) is 0 Å². The van der Waals surface area contributed by atoms with Gasteiger partial charge in [0.05, 0.1) is 0 Å². The highest BCUT2D eigenvalue weighted by molar-refractivity contribution is 6.36. The van der Waals surface area contributed by atoms with Crippen LogP contribution in [0.5, 0.6) is 0 Å². The van der Waals surface area contributed by atoms with Gasteiger partial charge < -0.3 is 5.32 Å². The van der Waals surface area contributed by atoms with Gasteiger partial charge in [-0.05, 0) is 40.8 Å². The minimum Gasteiger partial charge on any atom is -0.323 e. The highest BCUT2D eigenvalue weighted by atomic mass is 19.1. The van der Waals surface area contributed by atoms with Gasteiger partial charge in [0.25, 0.3) is 0 Å². The molecule has 0 unspecified atom stereocenters. The third-order valence-corrected chi connectivity index (χ3v) is 3.65. The minimum absolute atomic E-state index is 0.111. The predicted octanol–water partition coefficient (Wildman–Crippen LogP) is 3.03. The van der Waals surface area contributed by atoms with Crippen molar-refractivity contribution < 1.29 is 9.18 Å². The molecule has 0 aromatic heterocycles. The molecule has 0 heterocycles. The summed E-state index contributed by atoms with van der Waals surface area (Å²) in [7, 11) is 1.76. The average molecular weight is 309 g/mol. The molecule has 1 N–H and O–H groups in total. The van der Waals surface area contributed by atoms with Crippen LogP contribution in [0.25, 0.3) is 6.08 Å². The molecule has 0 fully saturated rings. The first kappa shape index (κ1) is 17.0. The van der Waals surface area contributed by atoms with Crippen LogP contribution in [0.3, 0.4) is 0 Å². The molecule has 2 rings (SSSR count). The van der Waals surface area contributed by atoms with Crippen molar-refractivity contribution >= 4 is 31.0 Å². The van der Waals surface area contributed by atoms with Gasteiger partial charge in [-0.3, -0.25) is 4.79 Å². The number of rotatable bonds is 3. The number of anilines is 1. The van der Waals surface area contributed by atoms with Crippen LogP contribution >= 0.6 is 0 Å². The quantitative estimate of drug-likeness (QED) is 0.685. The lowest BCUT2D eigenvalue weighted by atomic mass is 9.87. The Hall–Kier alpha value is -2.36. The Morgan fingerprint density at radius 2 is 1.78 bits per heavy atom. The van der Waals surface area contributed by atoms with Crippen molar-refractivity contribution in [2.75, 3.05) is 5.32 Å². The minimum atomic E-state index is -0.310. The predicted molar refractivity (Wildman–Crippen MR) is 97.4 cm³/mol. The van der Waals surface area contributed by atoms with Crippen molar-refractivity contribution in [2.24, 2.45) is 0 Å². The molecule has 0 radical (unpaired) electrons. The maximum Gasteiger partial charge on any atom is 0.248 e. The lowest BCUT2D eigenvalue weighted by Gasteiger charge is -2.18. The number of hydrogen-bond donors (Lipinski definition) is 1. The second-order valence-corrected chi connectivity index (χ2v) is 6.65. The van der Waals surface area contributed by atoms with Gasteiger partial charge in [0.1, 0.15) is 13.7 Å². The zero-order valence-electron chi connectivity index (χ0n) is 14.0. The Bertz CT molecular complexity index is 730. The van der Waals surface area contributed by atoms with Crippen LogP contribution in [0.1, 0.15) is 31.9 Å². The lowest BCUT2D eigenvalue weighted by molar-refractivity contribution is -0.111. The van der Waals surface area contributed by atoms with Gasteiger partial charge in [-0.15, -0.1) is 0 Å². The van der Waals surface area contributed by atoms with Gasteiger partial charge >= 0.3 is 0 Å². The summed E-state index contributed by atoms with van der Waals surface area (Å²) in [6, 6.07) is 12.4. The summed E-state index contributed by atoms with van der Waals surface area (Å²) in [5, 5.41) is 2.75. The van der Waals surface area contributed by atoms with E-state index in [-0.39, 0.29) is 17.1 Å². The summed E-state index contributed by atoms with van der Waals surface area (Å²) in [5.41, 5.74) is 3.63. The van der Waals surface area contributed by atoms with E-state index >= 15 is 0 Å². The molecule has 0 atom stereocenters. The maximum absolute atomic E-state index is 13.0. The molecule has 2 aromatic rings. The number of amides is 1. The maximum atomic E-state index is 13.0. The van der Waals surface area contributed by atoms with Gasteiger partial charge in [0.2, 0.25) is 5.91 Å². The number of halogens is 1. The van der Waals surface area contributed by atoms with Crippen molar-refractivity contribution in [1.29, 1.82) is 0 Å². The Morgan fingerprint density at radius 1 is 1.13 bits per heavy atom. The molecule has 0 spiro atoms. The summed E-state index contributed by atoms with van der Waals surface area (Å²) >= 11 is 0. The smallest absolute Gasteiger partial charge is 0.248 e. The van der Waals surface area contributed by atoms with Crippen LogP contribution in [0.2, 0.25) is 0 Å². The van der Waals surface area contributed by atoms with Crippen molar-refractivity contribution in [1.82, 2.24) is 0 Å². The molecule has 1 amide bonds. The first-order valence-electron chi connectivity index (χ1n) is 7.61. The largest absolute Gasteiger partial charge is 0.323 e. The van der Waals surface area contributed by atoms with Crippen molar-refractivity contribution in [2.45, 2.75) is 26.2 Å². The molecule has 0 aliphatic rings. The Morgan fingerprint density at radius 3 is 2.35 bits per heavy atom. The topological polar surface area (TPSA) is 29.1 Å². The van der Waals surface area contributed by atoms with Crippen LogP contribution < -0.4 is 10.8 Å². The molecule has 0 saturated heterocycles. The highest BCUT2D eigenvalue weighted by Gasteiger charge is 2.12. The molecule has 4 heteroatoms. The van der Waals surface area contributed by atoms with Gasteiger partial charge in [0, 0.05) is 11.8 Å². The number of benzene rings is 2. The second kappa shape index (κ2) is 6.82. The van der Waals surface area contributed by atoms with Gasteiger partial charge in [-0.1, -0.05) is 50.5 Å². The summed E-state index contributed by atoms with van der Waals surface area (Å²) in [5.74, 6) is -0.547. The van der Waals surface area contributed by atoms with Crippen LogP contribution in [0.15, 0.2) is 48.5 Å². The van der Waals surface area contributed by atoms with E-state index in [0.717, 1.165) is 5.56 Å². The van der Waals surface area contributed by atoms with E-state index in [1.165, 1.54) is 23.8 Å². The van der Waals surface area contributed by atoms with Crippen LogP contribution in [0.4, 0.5) is 10.1 Å². The lowest BCUT2D eigenvalue weighted by Crippen LogP contribution is -2.17. The highest BCUT2D eigenvalue weighted by Crippen LogP contribution is 2.22. The third kappa shape index (κ3) is 4.81. The first-order chi connectivity index (χ1) is 10.8. The average Bonchev–Trinajstić information content (AvgIpc) is 2.47. The molecule has 2 nitrogen and oxygen atoms in total. The number of nitrogens with one attached hydrogen (secondary N) is 1. The van der Waals surface area contributed by atoms with Crippen molar-refractivity contribution in [3.63, 3.8) is 0 Å². The van der Waals surface area contributed by atoms with Crippen LogP contribution in [0, 0.1) is 5.82 Å². The van der Waals surface area contributed by atoms with E-state index < -0.39 is 0 Å². The monoisotopic (exact) mass is 309 g/mol. The molecular weight excluding hydrogens is 288 g/mol. The molecule has 118 valence electrons. The zero-order valence-corrected chi connectivity index (χ0v) is 14.0. The van der Waals surface area contributed by atoms with Crippen LogP contribution in [-0.4, -0.2) is 13.8 Å². The van der Waals surface area contributed by atoms with E-state index in [1.54, 1.807) is 20.0 Å². The van der Waals surface area contributed by atoms with Gasteiger partial charge in [-0.25, -0.2) is 4.39 Å². The zero-order chi connectivity index (χ0) is 17.0. The SMILES string of the molecule is Bc1cc(F)ccc1NC(=O)/C=C/c1ccc(C(C)(C)C)cc1. The van der Waals surface area contributed by atoms with E-state index in [0.29, 0.717) is 11.2 Å². The summed E-state index contributed by atoms with van der Waals surface area (Å²) in [6.07, 6.45) is 3.25. The molecule has 0 aliphatic heterocycles. The summed E-state index contributed by atoms with van der Waals surface area (Å²) < 4.78 is 13.0. The molecule has 23 heavy (non-hydrogen) atoms. The molecule has 0 aliphatic carbocycles. The Kier molecular flexibility index (Phi) is 5.04. The number of carbonyl (C=O) groups is 1. The molecule has 2 aromatic carbocycles. The van der Waals surface area contributed by atoms with Crippen molar-refractivity contribution in [3.8, 4) is 0 Å². The number of carbonyl (C=O) groups excluding carboxylic acids is 1. The molecule has 0 saturated carbocycles. The van der Waals surface area contributed by atoms with Gasteiger partial charge in [-0.2, -0.15) is 0 Å². The Labute approximate surface area is 137 Å². The standard InChI is InChI=1S/C19H21BFNO/c1-19(2,3)14-7-4-13(5-8-14)6-11-18(23)22-17-10-9-15(21)12-16(17)20/h4-12H,20H2,1-3H3,(H,22,23)/b11-6+. The van der Waals surface area contributed by atoms with Gasteiger partial charge in [0.15, 0.2) is 0 Å². The molecular formula is C19H21BFNO. The first-order valence-corrected chi connectivity index (χ1v) is 7.61. The number of hydrogen-bond acceptors (Lipinski definition) is 1. The van der Waals surface area contributed by atoms with E-state index in [1.807, 2.05) is 12.1 Å². The van der Waals surface area contributed by atoms with E-state index in [2.05, 4.69) is 38.2 Å². The Balaban J connectivity index is 2.03. The molecule has 0 bridgehead atoms. The van der Waals surface area contributed by atoms with E-state index in [9.17, 15) is 9.18 Å². The van der Waals surface area contributed by atoms with Crippen LogP contribution in [-0.2, 0) is 10.2 Å². The summed E-state index contributed by atoms with van der Waals surface area (Å²) in [6.45, 7) is 6.49. The second-order valence-electron chi connectivity index (χ2n) is 6.65. The normalized spacial score (nSPS) is 11.7. The summed E-state index contributed by atoms with van der Waals surface area (Å²) in [4.78, 5) is 12.0. The fourth-order valence-corrected chi connectivity index (χ4v) is 2.21. The fourth-order valence-electron chi connectivity index (χ4n) is 2.21.